The summed E-state index contributed by atoms with van der Waals surface area (Å²) in [7, 11) is 0. The Hall–Kier alpha value is -3.02. The Kier molecular flexibility index (Phi) is 4.84. The molecule has 1 heterocycles. The molecule has 0 unspecified atom stereocenters. The van der Waals surface area contributed by atoms with E-state index in [9.17, 15) is 9.59 Å². The number of nitrogens with one attached hydrogen (secondary N) is 1. The molecule has 6 nitrogen and oxygen atoms in total. The Labute approximate surface area is 151 Å². The highest BCUT2D eigenvalue weighted by Crippen LogP contribution is 2.22. The molecule has 0 saturated carbocycles. The van der Waals surface area contributed by atoms with Crippen LogP contribution in [0.15, 0.2) is 45.6 Å². The number of hydrogen-bond donors (Lipinski definition) is 1. The molecule has 3 aromatic rings. The number of ether oxygens (including phenoxy) is 1. The van der Waals surface area contributed by atoms with Crippen molar-refractivity contribution in [1.82, 2.24) is 4.57 Å². The number of aryl methyl sites for hydroxylation is 1. The van der Waals surface area contributed by atoms with E-state index in [0.29, 0.717) is 22.5 Å². The van der Waals surface area contributed by atoms with Gasteiger partial charge in [0.25, 0.3) is 5.91 Å². The van der Waals surface area contributed by atoms with Crippen LogP contribution in [0, 0.1) is 13.8 Å². The second kappa shape index (κ2) is 7.07. The summed E-state index contributed by atoms with van der Waals surface area (Å²) in [4.78, 5) is 24.1. The average molecular weight is 354 g/mol. The molecule has 136 valence electrons. The zero-order chi connectivity index (χ0) is 18.8. The quantitative estimate of drug-likeness (QED) is 0.756. The largest absolute Gasteiger partial charge is 0.483 e. The minimum absolute atomic E-state index is 0.00448. The Morgan fingerprint density at radius 1 is 1.23 bits per heavy atom. The third kappa shape index (κ3) is 3.49. The SMILES string of the molecule is Cc1cccc(OCC(=O)Nc2ccc3c(c2)oc(=O)n3C(C)C)c1C. The number of carbonyl (C=O) groups is 1. The molecule has 0 bridgehead atoms. The number of anilines is 1. The molecule has 0 aliphatic rings. The lowest BCUT2D eigenvalue weighted by Crippen LogP contribution is -2.20. The van der Waals surface area contributed by atoms with Crippen molar-refractivity contribution in [1.29, 1.82) is 0 Å². The lowest BCUT2D eigenvalue weighted by atomic mass is 10.1. The van der Waals surface area contributed by atoms with Gasteiger partial charge in [-0.3, -0.25) is 9.36 Å². The van der Waals surface area contributed by atoms with Gasteiger partial charge in [0, 0.05) is 17.8 Å². The summed E-state index contributed by atoms with van der Waals surface area (Å²) in [5, 5.41) is 2.76. The highest BCUT2D eigenvalue weighted by Gasteiger charge is 2.13. The fourth-order valence-corrected chi connectivity index (χ4v) is 2.82. The van der Waals surface area contributed by atoms with Crippen molar-refractivity contribution in [2.24, 2.45) is 0 Å². The van der Waals surface area contributed by atoms with Gasteiger partial charge in [-0.25, -0.2) is 4.79 Å². The highest BCUT2D eigenvalue weighted by molar-refractivity contribution is 5.93. The van der Waals surface area contributed by atoms with Crippen LogP contribution < -0.4 is 15.8 Å². The molecule has 0 aliphatic heterocycles. The van der Waals surface area contributed by atoms with Crippen molar-refractivity contribution in [2.45, 2.75) is 33.7 Å². The van der Waals surface area contributed by atoms with Gasteiger partial charge in [0.15, 0.2) is 12.2 Å². The summed E-state index contributed by atoms with van der Waals surface area (Å²) < 4.78 is 12.4. The van der Waals surface area contributed by atoms with Gasteiger partial charge in [-0.2, -0.15) is 0 Å². The normalized spacial score (nSPS) is 11.1. The second-order valence-electron chi connectivity index (χ2n) is 6.55. The van der Waals surface area contributed by atoms with E-state index in [-0.39, 0.29) is 18.6 Å². The van der Waals surface area contributed by atoms with E-state index >= 15 is 0 Å². The molecular weight excluding hydrogens is 332 g/mol. The van der Waals surface area contributed by atoms with Gasteiger partial charge in [-0.1, -0.05) is 12.1 Å². The van der Waals surface area contributed by atoms with E-state index in [0.717, 1.165) is 11.1 Å². The van der Waals surface area contributed by atoms with E-state index in [1.807, 2.05) is 45.9 Å². The van der Waals surface area contributed by atoms with E-state index in [4.69, 9.17) is 9.15 Å². The molecule has 0 atom stereocenters. The Bertz CT molecular complexity index is 1010. The van der Waals surface area contributed by atoms with E-state index < -0.39 is 5.76 Å². The van der Waals surface area contributed by atoms with Crippen LogP contribution in [-0.4, -0.2) is 17.1 Å². The number of amides is 1. The topological polar surface area (TPSA) is 73.5 Å². The van der Waals surface area contributed by atoms with Crippen molar-refractivity contribution >= 4 is 22.7 Å². The Morgan fingerprint density at radius 3 is 2.73 bits per heavy atom. The van der Waals surface area contributed by atoms with Gasteiger partial charge in [-0.15, -0.1) is 0 Å². The third-order valence-electron chi connectivity index (χ3n) is 4.33. The van der Waals surface area contributed by atoms with E-state index in [1.54, 1.807) is 22.8 Å². The first kappa shape index (κ1) is 17.8. The van der Waals surface area contributed by atoms with Gasteiger partial charge in [0.2, 0.25) is 0 Å². The van der Waals surface area contributed by atoms with Crippen molar-refractivity contribution in [3.63, 3.8) is 0 Å². The van der Waals surface area contributed by atoms with Crippen molar-refractivity contribution in [3.8, 4) is 5.75 Å². The lowest BCUT2D eigenvalue weighted by molar-refractivity contribution is -0.118. The number of rotatable bonds is 5. The fourth-order valence-electron chi connectivity index (χ4n) is 2.82. The van der Waals surface area contributed by atoms with Gasteiger partial charge in [-0.05, 0) is 57.0 Å². The number of carbonyl (C=O) groups excluding carboxylic acids is 1. The van der Waals surface area contributed by atoms with Crippen molar-refractivity contribution in [3.05, 3.63) is 58.1 Å². The first-order chi connectivity index (χ1) is 12.4. The van der Waals surface area contributed by atoms with Crippen molar-refractivity contribution < 1.29 is 13.9 Å². The van der Waals surface area contributed by atoms with Gasteiger partial charge in [0.1, 0.15) is 5.75 Å². The summed E-state index contributed by atoms with van der Waals surface area (Å²) in [6.45, 7) is 7.68. The van der Waals surface area contributed by atoms with Crippen LogP contribution in [0.2, 0.25) is 0 Å². The molecule has 0 radical (unpaired) electrons. The first-order valence-electron chi connectivity index (χ1n) is 8.51. The minimum atomic E-state index is -0.406. The van der Waals surface area contributed by atoms with Crippen LogP contribution in [0.4, 0.5) is 5.69 Å². The standard InChI is InChI=1S/C20H22N2O4/c1-12(2)22-16-9-8-15(10-18(16)26-20(22)24)21-19(23)11-25-17-7-5-6-13(3)14(17)4/h5-10,12H,11H2,1-4H3,(H,21,23). The number of fused-ring (bicyclic) bond motifs is 1. The Morgan fingerprint density at radius 2 is 2.00 bits per heavy atom. The molecule has 6 heteroatoms. The summed E-state index contributed by atoms with van der Waals surface area (Å²) in [6.07, 6.45) is 0. The van der Waals surface area contributed by atoms with Crippen LogP contribution in [0.3, 0.4) is 0 Å². The number of oxazole rings is 1. The molecule has 0 saturated heterocycles. The lowest BCUT2D eigenvalue weighted by Gasteiger charge is -2.11. The monoisotopic (exact) mass is 354 g/mol. The molecule has 0 fully saturated rings. The zero-order valence-corrected chi connectivity index (χ0v) is 15.3. The molecule has 1 amide bonds. The van der Waals surface area contributed by atoms with Crippen LogP contribution in [0.5, 0.6) is 5.75 Å². The third-order valence-corrected chi connectivity index (χ3v) is 4.33. The molecule has 0 spiro atoms. The zero-order valence-electron chi connectivity index (χ0n) is 15.3. The summed E-state index contributed by atoms with van der Waals surface area (Å²) in [6, 6.07) is 10.9. The smallest absolute Gasteiger partial charge is 0.420 e. The predicted molar refractivity (Wildman–Crippen MR) is 101 cm³/mol. The molecule has 2 aromatic carbocycles. The summed E-state index contributed by atoms with van der Waals surface area (Å²) in [5.41, 5.74) is 3.82. The number of hydrogen-bond acceptors (Lipinski definition) is 4. The second-order valence-corrected chi connectivity index (χ2v) is 6.55. The molecule has 1 aromatic heterocycles. The molecular formula is C20H22N2O4. The maximum atomic E-state index is 12.2. The van der Waals surface area contributed by atoms with Gasteiger partial charge >= 0.3 is 5.76 Å². The average Bonchev–Trinajstić information content (AvgIpc) is 2.91. The van der Waals surface area contributed by atoms with Crippen LogP contribution in [0.25, 0.3) is 11.1 Å². The fraction of sp³-hybridized carbons (Fsp3) is 0.300. The predicted octanol–water partition coefficient (Wildman–Crippen LogP) is 3.81. The first-order valence-corrected chi connectivity index (χ1v) is 8.51. The molecule has 0 aliphatic carbocycles. The molecule has 26 heavy (non-hydrogen) atoms. The van der Waals surface area contributed by atoms with Crippen LogP contribution >= 0.6 is 0 Å². The van der Waals surface area contributed by atoms with Crippen molar-refractivity contribution in [2.75, 3.05) is 11.9 Å². The summed E-state index contributed by atoms with van der Waals surface area (Å²) >= 11 is 0. The highest BCUT2D eigenvalue weighted by atomic mass is 16.5. The number of nitrogens with zero attached hydrogens (tertiary/aromatic N) is 1. The minimum Gasteiger partial charge on any atom is -0.483 e. The summed E-state index contributed by atoms with van der Waals surface area (Å²) in [5.74, 6) is 0.00300. The molecule has 1 N–H and O–H groups in total. The number of benzene rings is 2. The van der Waals surface area contributed by atoms with Crippen LogP contribution in [0.1, 0.15) is 31.0 Å². The van der Waals surface area contributed by atoms with E-state index in [1.165, 1.54) is 0 Å². The number of aromatic nitrogens is 1. The maximum Gasteiger partial charge on any atom is 0.420 e. The Balaban J connectivity index is 1.71. The maximum absolute atomic E-state index is 12.2. The van der Waals surface area contributed by atoms with Gasteiger partial charge < -0.3 is 14.5 Å². The van der Waals surface area contributed by atoms with Gasteiger partial charge in [0.05, 0.1) is 5.52 Å². The van der Waals surface area contributed by atoms with Crippen LogP contribution in [-0.2, 0) is 4.79 Å². The van der Waals surface area contributed by atoms with E-state index in [2.05, 4.69) is 5.32 Å². The molecule has 3 rings (SSSR count).